The normalized spacial score (nSPS) is 11.8. The SMILES string of the molecule is CCS(=O)(=O)NCCNC(=NC)NCc1ccccc1-n1nc(C)cc1C.I. The Kier molecular flexibility index (Phi) is 9.90. The second-order valence-corrected chi connectivity index (χ2v) is 8.21. The summed E-state index contributed by atoms with van der Waals surface area (Å²) in [4.78, 5) is 4.18. The fraction of sp³-hybridized carbons (Fsp3) is 0.444. The van der Waals surface area contributed by atoms with Crippen LogP contribution >= 0.6 is 24.0 Å². The van der Waals surface area contributed by atoms with E-state index in [0.29, 0.717) is 25.6 Å². The number of hydrogen-bond acceptors (Lipinski definition) is 4. The smallest absolute Gasteiger partial charge is 0.211 e. The van der Waals surface area contributed by atoms with Gasteiger partial charge in [0.2, 0.25) is 10.0 Å². The Morgan fingerprint density at radius 2 is 1.89 bits per heavy atom. The zero-order chi connectivity index (χ0) is 19.9. The number of sulfonamides is 1. The van der Waals surface area contributed by atoms with Crippen LogP contribution in [-0.2, 0) is 16.6 Å². The molecule has 0 bridgehead atoms. The highest BCUT2D eigenvalue weighted by Crippen LogP contribution is 2.16. The molecule has 0 radical (unpaired) electrons. The molecule has 0 aliphatic heterocycles. The third kappa shape index (κ3) is 7.06. The number of nitrogens with zero attached hydrogens (tertiary/aromatic N) is 3. The van der Waals surface area contributed by atoms with Crippen LogP contribution in [-0.4, -0.2) is 50.0 Å². The van der Waals surface area contributed by atoms with Gasteiger partial charge in [0.15, 0.2) is 5.96 Å². The van der Waals surface area contributed by atoms with Crippen LogP contribution in [0.2, 0.25) is 0 Å². The van der Waals surface area contributed by atoms with Gasteiger partial charge in [-0.05, 0) is 38.5 Å². The van der Waals surface area contributed by atoms with Crippen molar-refractivity contribution in [2.24, 2.45) is 4.99 Å². The Balaban J connectivity index is 0.00000392. The number of benzene rings is 1. The molecule has 0 spiro atoms. The zero-order valence-corrected chi connectivity index (χ0v) is 19.8. The van der Waals surface area contributed by atoms with E-state index >= 15 is 0 Å². The summed E-state index contributed by atoms with van der Waals surface area (Å²) >= 11 is 0. The van der Waals surface area contributed by atoms with Crippen molar-refractivity contribution in [1.29, 1.82) is 0 Å². The second-order valence-electron chi connectivity index (χ2n) is 6.12. The maximum atomic E-state index is 11.4. The van der Waals surface area contributed by atoms with Gasteiger partial charge in [-0.25, -0.2) is 17.8 Å². The first-order valence-electron chi connectivity index (χ1n) is 8.89. The Morgan fingerprint density at radius 3 is 2.50 bits per heavy atom. The highest BCUT2D eigenvalue weighted by atomic mass is 127. The number of rotatable bonds is 8. The molecule has 0 saturated carbocycles. The van der Waals surface area contributed by atoms with Gasteiger partial charge in [0.25, 0.3) is 0 Å². The van der Waals surface area contributed by atoms with E-state index in [1.165, 1.54) is 0 Å². The van der Waals surface area contributed by atoms with Crippen LogP contribution in [0.4, 0.5) is 0 Å². The van der Waals surface area contributed by atoms with Crippen LogP contribution in [0, 0.1) is 13.8 Å². The van der Waals surface area contributed by atoms with Crippen molar-refractivity contribution in [3.8, 4) is 5.69 Å². The number of para-hydroxylation sites is 1. The van der Waals surface area contributed by atoms with Crippen molar-refractivity contribution in [2.45, 2.75) is 27.3 Å². The number of hydrogen-bond donors (Lipinski definition) is 3. The summed E-state index contributed by atoms with van der Waals surface area (Å²) in [5.41, 5.74) is 4.15. The fourth-order valence-electron chi connectivity index (χ4n) is 2.63. The topological polar surface area (TPSA) is 100 Å². The van der Waals surface area contributed by atoms with E-state index in [1.54, 1.807) is 14.0 Å². The van der Waals surface area contributed by atoms with Crippen LogP contribution in [0.15, 0.2) is 35.3 Å². The van der Waals surface area contributed by atoms with E-state index in [4.69, 9.17) is 0 Å². The summed E-state index contributed by atoms with van der Waals surface area (Å²) < 4.78 is 27.3. The Morgan fingerprint density at radius 1 is 1.18 bits per heavy atom. The molecule has 2 rings (SSSR count). The maximum absolute atomic E-state index is 11.4. The zero-order valence-electron chi connectivity index (χ0n) is 16.7. The van der Waals surface area contributed by atoms with Crippen molar-refractivity contribution < 1.29 is 8.42 Å². The molecule has 28 heavy (non-hydrogen) atoms. The first-order valence-corrected chi connectivity index (χ1v) is 10.5. The van der Waals surface area contributed by atoms with Gasteiger partial charge in [-0.1, -0.05) is 18.2 Å². The number of halogens is 1. The predicted molar refractivity (Wildman–Crippen MR) is 124 cm³/mol. The molecule has 1 aromatic carbocycles. The first kappa shape index (κ1) is 24.4. The molecule has 156 valence electrons. The largest absolute Gasteiger partial charge is 0.355 e. The van der Waals surface area contributed by atoms with E-state index in [9.17, 15) is 8.42 Å². The molecule has 0 fully saturated rings. The molecule has 0 amide bonds. The number of aryl methyl sites for hydroxylation is 2. The lowest BCUT2D eigenvalue weighted by Crippen LogP contribution is -2.41. The highest BCUT2D eigenvalue weighted by Gasteiger charge is 2.09. The third-order valence-corrected chi connectivity index (χ3v) is 5.42. The molecular weight excluding hydrogens is 491 g/mol. The minimum atomic E-state index is -3.18. The number of guanidine groups is 1. The summed E-state index contributed by atoms with van der Waals surface area (Å²) in [5.74, 6) is 0.678. The summed E-state index contributed by atoms with van der Waals surface area (Å²) in [6.45, 7) is 6.92. The van der Waals surface area contributed by atoms with Gasteiger partial charge >= 0.3 is 0 Å². The molecule has 0 aliphatic rings. The van der Waals surface area contributed by atoms with E-state index in [2.05, 4.69) is 25.4 Å². The van der Waals surface area contributed by atoms with Crippen LogP contribution in [0.5, 0.6) is 0 Å². The molecule has 1 aromatic heterocycles. The lowest BCUT2D eigenvalue weighted by Gasteiger charge is -2.15. The molecule has 0 unspecified atom stereocenters. The predicted octanol–water partition coefficient (Wildman–Crippen LogP) is 1.71. The van der Waals surface area contributed by atoms with Crippen molar-refractivity contribution in [3.05, 3.63) is 47.3 Å². The summed E-state index contributed by atoms with van der Waals surface area (Å²) in [7, 11) is -1.50. The van der Waals surface area contributed by atoms with Gasteiger partial charge in [0.1, 0.15) is 0 Å². The van der Waals surface area contributed by atoms with Crippen LogP contribution in [0.3, 0.4) is 0 Å². The standard InChI is InChI=1S/C18H28N6O2S.HI/c1-5-27(25,26)22-11-10-20-18(19-4)21-13-16-8-6-7-9-17(16)24-15(3)12-14(2)23-24;/h6-9,12,22H,5,10-11,13H2,1-4H3,(H2,19,20,21);1H. The molecule has 0 aliphatic carbocycles. The van der Waals surface area contributed by atoms with E-state index < -0.39 is 10.0 Å². The van der Waals surface area contributed by atoms with Crippen LogP contribution in [0.25, 0.3) is 5.69 Å². The molecule has 3 N–H and O–H groups in total. The maximum Gasteiger partial charge on any atom is 0.211 e. The number of nitrogens with one attached hydrogen (secondary N) is 3. The van der Waals surface area contributed by atoms with Crippen molar-refractivity contribution >= 4 is 40.0 Å². The average Bonchev–Trinajstić information content (AvgIpc) is 2.99. The Labute approximate surface area is 184 Å². The minimum absolute atomic E-state index is 0. The lowest BCUT2D eigenvalue weighted by molar-refractivity contribution is 0.582. The number of aromatic nitrogens is 2. The van der Waals surface area contributed by atoms with Gasteiger partial charge in [-0.15, -0.1) is 24.0 Å². The Hall–Kier alpha value is -1.66. The summed E-state index contributed by atoms with van der Waals surface area (Å²) in [5, 5.41) is 10.9. The fourth-order valence-corrected chi connectivity index (χ4v) is 3.25. The first-order chi connectivity index (χ1) is 12.9. The molecule has 8 nitrogen and oxygen atoms in total. The van der Waals surface area contributed by atoms with Gasteiger partial charge in [-0.3, -0.25) is 4.99 Å². The van der Waals surface area contributed by atoms with Crippen molar-refractivity contribution in [2.75, 3.05) is 25.9 Å². The van der Waals surface area contributed by atoms with E-state index in [-0.39, 0.29) is 29.7 Å². The molecule has 0 saturated heterocycles. The monoisotopic (exact) mass is 520 g/mol. The second kappa shape index (κ2) is 11.4. The van der Waals surface area contributed by atoms with Crippen molar-refractivity contribution in [3.63, 3.8) is 0 Å². The van der Waals surface area contributed by atoms with E-state index in [1.807, 2.05) is 48.9 Å². The third-order valence-electron chi connectivity index (χ3n) is 4.02. The van der Waals surface area contributed by atoms with Gasteiger partial charge in [-0.2, -0.15) is 5.10 Å². The lowest BCUT2D eigenvalue weighted by atomic mass is 10.1. The Bertz CT molecular complexity index is 895. The van der Waals surface area contributed by atoms with Gasteiger partial charge in [0, 0.05) is 32.4 Å². The van der Waals surface area contributed by atoms with Crippen LogP contribution < -0.4 is 15.4 Å². The van der Waals surface area contributed by atoms with Gasteiger partial charge in [0.05, 0.1) is 17.1 Å². The summed E-state index contributed by atoms with van der Waals surface area (Å²) in [6, 6.07) is 10.1. The molecular formula is C18H29IN6O2S. The minimum Gasteiger partial charge on any atom is -0.355 e. The van der Waals surface area contributed by atoms with E-state index in [0.717, 1.165) is 22.6 Å². The van der Waals surface area contributed by atoms with Crippen LogP contribution in [0.1, 0.15) is 23.9 Å². The number of aliphatic imine (C=N–C) groups is 1. The molecule has 10 heteroatoms. The molecule has 0 atom stereocenters. The van der Waals surface area contributed by atoms with Crippen molar-refractivity contribution in [1.82, 2.24) is 25.1 Å². The summed E-state index contributed by atoms with van der Waals surface area (Å²) in [6.07, 6.45) is 0. The quantitative estimate of drug-likeness (QED) is 0.213. The average molecular weight is 520 g/mol. The molecule has 2 aromatic rings. The van der Waals surface area contributed by atoms with Gasteiger partial charge < -0.3 is 10.6 Å². The molecule has 1 heterocycles. The highest BCUT2D eigenvalue weighted by molar-refractivity contribution is 14.0.